The van der Waals surface area contributed by atoms with Crippen LogP contribution in [-0.2, 0) is 0 Å². The third-order valence-electron chi connectivity index (χ3n) is 2.87. The van der Waals surface area contributed by atoms with Crippen LogP contribution in [0.5, 0.6) is 0 Å². The Bertz CT molecular complexity index is 525. The topological polar surface area (TPSA) is 37.0 Å². The van der Waals surface area contributed by atoms with E-state index < -0.39 is 0 Å². The first kappa shape index (κ1) is 13.7. The Morgan fingerprint density at radius 3 is 2.63 bits per heavy atom. The predicted molar refractivity (Wildman–Crippen MR) is 81.9 cm³/mol. The van der Waals surface area contributed by atoms with Crippen LogP contribution in [0, 0.1) is 0 Å². The number of pyridine rings is 1. The Balaban J connectivity index is 2.07. The molecule has 19 heavy (non-hydrogen) atoms. The summed E-state index contributed by atoms with van der Waals surface area (Å²) in [6.45, 7) is 5.04. The lowest BCUT2D eigenvalue weighted by atomic mass is 10.1. The fourth-order valence-corrected chi connectivity index (χ4v) is 2.01. The zero-order valence-corrected chi connectivity index (χ0v) is 11.9. The van der Waals surface area contributed by atoms with Crippen LogP contribution in [0.3, 0.4) is 0 Å². The zero-order valence-electron chi connectivity index (χ0n) is 11.2. The molecule has 0 spiro atoms. The van der Waals surface area contributed by atoms with Gasteiger partial charge in [-0.25, -0.2) is 4.98 Å². The number of hydrogen-bond acceptors (Lipinski definition) is 3. The monoisotopic (exact) mass is 275 g/mol. The van der Waals surface area contributed by atoms with Crippen LogP contribution in [0.25, 0.3) is 0 Å². The Morgan fingerprint density at radius 2 is 1.95 bits per heavy atom. The van der Waals surface area contributed by atoms with E-state index in [0.29, 0.717) is 0 Å². The second-order valence-electron chi connectivity index (χ2n) is 4.38. The van der Waals surface area contributed by atoms with Crippen molar-refractivity contribution in [2.24, 2.45) is 0 Å². The highest BCUT2D eigenvalue weighted by atomic mass is 35.5. The molecule has 2 N–H and O–H groups in total. The van der Waals surface area contributed by atoms with Gasteiger partial charge in [0, 0.05) is 35.6 Å². The number of rotatable bonds is 5. The van der Waals surface area contributed by atoms with Crippen molar-refractivity contribution in [2.75, 3.05) is 17.2 Å². The lowest BCUT2D eigenvalue weighted by molar-refractivity contribution is 0.884. The van der Waals surface area contributed by atoms with E-state index >= 15 is 0 Å². The number of hydrogen-bond donors (Lipinski definition) is 2. The second kappa shape index (κ2) is 6.43. The molecule has 0 radical (unpaired) electrons. The molecule has 100 valence electrons. The molecule has 0 fully saturated rings. The average Bonchev–Trinajstić information content (AvgIpc) is 2.40. The molecule has 1 aromatic carbocycles. The Morgan fingerprint density at radius 1 is 1.21 bits per heavy atom. The summed E-state index contributed by atoms with van der Waals surface area (Å²) in [7, 11) is 0. The van der Waals surface area contributed by atoms with Gasteiger partial charge in [-0.15, -0.1) is 0 Å². The van der Waals surface area contributed by atoms with Crippen molar-refractivity contribution in [3.8, 4) is 0 Å². The SMILES string of the molecule is CCNc1cc(NC(C)c2ccc(Cl)cc2)ccn1. The molecule has 2 rings (SSSR count). The number of benzene rings is 1. The van der Waals surface area contributed by atoms with E-state index in [-0.39, 0.29) is 6.04 Å². The Hall–Kier alpha value is -1.74. The zero-order chi connectivity index (χ0) is 13.7. The lowest BCUT2D eigenvalue weighted by Crippen LogP contribution is -2.07. The fraction of sp³-hybridized carbons (Fsp3) is 0.267. The maximum atomic E-state index is 5.90. The number of aromatic nitrogens is 1. The molecule has 0 aliphatic heterocycles. The molecule has 3 nitrogen and oxygen atoms in total. The van der Waals surface area contributed by atoms with Gasteiger partial charge in [0.25, 0.3) is 0 Å². The van der Waals surface area contributed by atoms with Crippen molar-refractivity contribution in [2.45, 2.75) is 19.9 Å². The first-order valence-corrected chi connectivity index (χ1v) is 6.78. The Kier molecular flexibility index (Phi) is 4.63. The van der Waals surface area contributed by atoms with E-state index in [2.05, 4.69) is 29.5 Å². The summed E-state index contributed by atoms with van der Waals surface area (Å²) in [5.74, 6) is 0.885. The second-order valence-corrected chi connectivity index (χ2v) is 4.81. The first-order valence-electron chi connectivity index (χ1n) is 6.41. The number of nitrogens with one attached hydrogen (secondary N) is 2. The van der Waals surface area contributed by atoms with Crippen LogP contribution >= 0.6 is 11.6 Å². The van der Waals surface area contributed by atoms with Crippen molar-refractivity contribution in [3.63, 3.8) is 0 Å². The smallest absolute Gasteiger partial charge is 0.127 e. The highest BCUT2D eigenvalue weighted by molar-refractivity contribution is 6.30. The molecule has 0 saturated heterocycles. The highest BCUT2D eigenvalue weighted by Gasteiger charge is 2.05. The van der Waals surface area contributed by atoms with Crippen molar-refractivity contribution < 1.29 is 0 Å². The summed E-state index contributed by atoms with van der Waals surface area (Å²) in [6.07, 6.45) is 1.80. The van der Waals surface area contributed by atoms with Crippen LogP contribution in [0.1, 0.15) is 25.5 Å². The molecule has 0 bridgehead atoms. The van der Waals surface area contributed by atoms with Crippen molar-refractivity contribution in [1.29, 1.82) is 0 Å². The van der Waals surface area contributed by atoms with Gasteiger partial charge in [-0.2, -0.15) is 0 Å². The standard InChI is InChI=1S/C15H18ClN3/c1-3-17-15-10-14(8-9-18-15)19-11(2)12-4-6-13(16)7-5-12/h4-11H,3H2,1-2H3,(H2,17,18,19). The van der Waals surface area contributed by atoms with Gasteiger partial charge in [-0.3, -0.25) is 0 Å². The summed E-state index contributed by atoms with van der Waals surface area (Å²) in [6, 6.07) is 12.1. The first-order chi connectivity index (χ1) is 9.19. The normalized spacial score (nSPS) is 11.9. The van der Waals surface area contributed by atoms with Crippen LogP contribution in [0.2, 0.25) is 5.02 Å². The molecular formula is C15H18ClN3. The minimum Gasteiger partial charge on any atom is -0.378 e. The predicted octanol–water partition coefficient (Wildman–Crippen LogP) is 4.34. The summed E-state index contributed by atoms with van der Waals surface area (Å²) in [5, 5.41) is 7.41. The molecule has 0 aliphatic rings. The molecule has 1 aromatic heterocycles. The lowest BCUT2D eigenvalue weighted by Gasteiger charge is -2.16. The quantitative estimate of drug-likeness (QED) is 0.852. The van der Waals surface area contributed by atoms with E-state index in [1.807, 2.05) is 36.4 Å². The summed E-state index contributed by atoms with van der Waals surface area (Å²) in [4.78, 5) is 4.25. The van der Waals surface area contributed by atoms with Crippen molar-refractivity contribution in [1.82, 2.24) is 4.98 Å². The van der Waals surface area contributed by atoms with E-state index in [4.69, 9.17) is 11.6 Å². The van der Waals surface area contributed by atoms with Gasteiger partial charge < -0.3 is 10.6 Å². The molecule has 2 aromatic rings. The van der Waals surface area contributed by atoms with Crippen LogP contribution < -0.4 is 10.6 Å². The van der Waals surface area contributed by atoms with Gasteiger partial charge in [0.2, 0.25) is 0 Å². The van der Waals surface area contributed by atoms with E-state index in [0.717, 1.165) is 23.1 Å². The molecular weight excluding hydrogens is 258 g/mol. The van der Waals surface area contributed by atoms with Gasteiger partial charge >= 0.3 is 0 Å². The average molecular weight is 276 g/mol. The van der Waals surface area contributed by atoms with E-state index in [1.165, 1.54) is 5.56 Å². The summed E-state index contributed by atoms with van der Waals surface area (Å²) in [5.41, 5.74) is 2.25. The summed E-state index contributed by atoms with van der Waals surface area (Å²) >= 11 is 5.90. The maximum Gasteiger partial charge on any atom is 0.127 e. The fourth-order valence-electron chi connectivity index (χ4n) is 1.88. The number of nitrogens with zero attached hydrogens (tertiary/aromatic N) is 1. The van der Waals surface area contributed by atoms with Crippen molar-refractivity contribution in [3.05, 3.63) is 53.2 Å². The van der Waals surface area contributed by atoms with Crippen LogP contribution in [0.4, 0.5) is 11.5 Å². The Labute approximate surface area is 119 Å². The van der Waals surface area contributed by atoms with Crippen molar-refractivity contribution >= 4 is 23.1 Å². The highest BCUT2D eigenvalue weighted by Crippen LogP contribution is 2.21. The van der Waals surface area contributed by atoms with Gasteiger partial charge in [0.15, 0.2) is 0 Å². The van der Waals surface area contributed by atoms with Gasteiger partial charge in [0.1, 0.15) is 5.82 Å². The van der Waals surface area contributed by atoms with Crippen LogP contribution in [-0.4, -0.2) is 11.5 Å². The minimum absolute atomic E-state index is 0.217. The molecule has 1 heterocycles. The van der Waals surface area contributed by atoms with Gasteiger partial charge in [0.05, 0.1) is 0 Å². The van der Waals surface area contributed by atoms with Gasteiger partial charge in [-0.1, -0.05) is 23.7 Å². The molecule has 0 amide bonds. The number of halogens is 1. The number of anilines is 2. The van der Waals surface area contributed by atoms with Crippen LogP contribution in [0.15, 0.2) is 42.6 Å². The summed E-state index contributed by atoms with van der Waals surface area (Å²) < 4.78 is 0. The largest absolute Gasteiger partial charge is 0.378 e. The minimum atomic E-state index is 0.217. The molecule has 1 atom stereocenters. The molecule has 0 aliphatic carbocycles. The van der Waals surface area contributed by atoms with E-state index in [9.17, 15) is 0 Å². The van der Waals surface area contributed by atoms with E-state index in [1.54, 1.807) is 6.20 Å². The third kappa shape index (κ3) is 3.86. The molecule has 0 saturated carbocycles. The molecule has 1 unspecified atom stereocenters. The third-order valence-corrected chi connectivity index (χ3v) is 3.12. The maximum absolute atomic E-state index is 5.90. The molecule has 4 heteroatoms. The van der Waals surface area contributed by atoms with Gasteiger partial charge in [-0.05, 0) is 37.6 Å².